The molecule has 1 fully saturated rings. The molecule has 0 spiro atoms. The Kier molecular flexibility index (Phi) is 6.37. The fraction of sp³-hybridized carbons (Fsp3) is 0.360. The first-order valence-electron chi connectivity index (χ1n) is 11.0. The Morgan fingerprint density at radius 3 is 2.39 bits per heavy atom. The van der Waals surface area contributed by atoms with Gasteiger partial charge in [-0.3, -0.25) is 14.5 Å². The first kappa shape index (κ1) is 22.8. The summed E-state index contributed by atoms with van der Waals surface area (Å²) < 4.78 is 15.6. The maximum Gasteiger partial charge on any atom is 0.325 e. The Bertz CT molecular complexity index is 1200. The quantitative estimate of drug-likeness (QED) is 0.566. The van der Waals surface area contributed by atoms with E-state index in [0.717, 1.165) is 5.69 Å². The summed E-state index contributed by atoms with van der Waals surface area (Å²) in [6, 6.07) is 9.67. The van der Waals surface area contributed by atoms with Crippen molar-refractivity contribution in [2.75, 3.05) is 31.1 Å². The van der Waals surface area contributed by atoms with Crippen LogP contribution in [0, 0.1) is 19.7 Å². The molecule has 4 rings (SSSR count). The first-order valence-corrected chi connectivity index (χ1v) is 11.0. The lowest BCUT2D eigenvalue weighted by Gasteiger charge is -2.39. The van der Waals surface area contributed by atoms with E-state index in [1.807, 2.05) is 4.90 Å². The number of piperazine rings is 1. The Hall–Kier alpha value is -3.39. The predicted octanol–water partition coefficient (Wildman–Crippen LogP) is 3.82. The van der Waals surface area contributed by atoms with Crippen molar-refractivity contribution in [1.29, 1.82) is 0 Å². The zero-order chi connectivity index (χ0) is 23.7. The van der Waals surface area contributed by atoms with Gasteiger partial charge >= 0.3 is 11.9 Å². The Balaban J connectivity index is 1.62. The van der Waals surface area contributed by atoms with Crippen molar-refractivity contribution in [3.05, 3.63) is 65.1 Å². The molecule has 0 saturated carbocycles. The van der Waals surface area contributed by atoms with Crippen molar-refractivity contribution in [2.24, 2.45) is 0 Å². The van der Waals surface area contributed by atoms with E-state index < -0.39 is 23.8 Å². The number of aryl methyl sites for hydroxylation is 3. The number of carbonyl (C=O) groups is 2. The van der Waals surface area contributed by atoms with Crippen LogP contribution in [0.15, 0.2) is 42.6 Å². The number of halogens is 1. The van der Waals surface area contributed by atoms with Crippen LogP contribution in [0.5, 0.6) is 0 Å². The van der Waals surface area contributed by atoms with Crippen molar-refractivity contribution in [3.63, 3.8) is 0 Å². The number of fused-ring (bicyclic) bond motifs is 1. The summed E-state index contributed by atoms with van der Waals surface area (Å²) in [6.07, 6.45) is 1.54. The largest absolute Gasteiger partial charge is 0.481 e. The molecule has 0 amide bonds. The summed E-state index contributed by atoms with van der Waals surface area (Å²) in [5.74, 6) is -2.39. The Morgan fingerprint density at radius 1 is 1.03 bits per heavy atom. The van der Waals surface area contributed by atoms with Crippen LogP contribution in [0.3, 0.4) is 0 Å². The van der Waals surface area contributed by atoms with Crippen LogP contribution in [0.25, 0.3) is 10.9 Å². The maximum atomic E-state index is 13.9. The molecule has 0 unspecified atom stereocenters. The average Bonchev–Trinajstić information content (AvgIpc) is 3.10. The van der Waals surface area contributed by atoms with E-state index >= 15 is 0 Å². The van der Waals surface area contributed by atoms with Gasteiger partial charge in [-0.1, -0.05) is 17.7 Å². The topological polar surface area (TPSA) is 86.0 Å². The van der Waals surface area contributed by atoms with Crippen molar-refractivity contribution in [1.82, 2.24) is 9.47 Å². The van der Waals surface area contributed by atoms with E-state index in [1.165, 1.54) is 23.3 Å². The summed E-state index contributed by atoms with van der Waals surface area (Å²) in [4.78, 5) is 27.7. The number of aromatic nitrogens is 1. The monoisotopic (exact) mass is 453 g/mol. The van der Waals surface area contributed by atoms with Gasteiger partial charge in [0.25, 0.3) is 0 Å². The third kappa shape index (κ3) is 4.71. The third-order valence-corrected chi connectivity index (χ3v) is 6.34. The molecule has 1 aromatic heterocycles. The van der Waals surface area contributed by atoms with E-state index in [4.69, 9.17) is 5.11 Å². The molecule has 1 aliphatic rings. The number of benzene rings is 2. The number of rotatable bonds is 7. The molecule has 174 valence electrons. The van der Waals surface area contributed by atoms with E-state index in [0.29, 0.717) is 42.6 Å². The summed E-state index contributed by atoms with van der Waals surface area (Å²) in [5.41, 5.74) is 4.63. The van der Waals surface area contributed by atoms with Gasteiger partial charge in [0.05, 0.1) is 11.9 Å². The molecule has 0 bridgehead atoms. The molecule has 3 aromatic rings. The van der Waals surface area contributed by atoms with Crippen LogP contribution in [-0.2, 0) is 16.1 Å². The van der Waals surface area contributed by atoms with Gasteiger partial charge in [0.15, 0.2) is 0 Å². The minimum atomic E-state index is -0.975. The molecule has 0 radical (unpaired) electrons. The molecule has 1 aliphatic heterocycles. The zero-order valence-electron chi connectivity index (χ0n) is 18.8. The van der Waals surface area contributed by atoms with E-state index in [9.17, 15) is 19.1 Å². The number of anilines is 1. The molecule has 1 saturated heterocycles. The van der Waals surface area contributed by atoms with E-state index in [-0.39, 0.29) is 13.0 Å². The number of hydrogen-bond acceptors (Lipinski definition) is 4. The van der Waals surface area contributed by atoms with E-state index in [1.54, 1.807) is 16.8 Å². The van der Waals surface area contributed by atoms with Gasteiger partial charge in [0.2, 0.25) is 0 Å². The molecular weight excluding hydrogens is 425 g/mol. The van der Waals surface area contributed by atoms with Gasteiger partial charge < -0.3 is 19.7 Å². The molecule has 8 heteroatoms. The normalized spacial score (nSPS) is 15.7. The minimum Gasteiger partial charge on any atom is -0.481 e. The predicted molar refractivity (Wildman–Crippen MR) is 124 cm³/mol. The summed E-state index contributed by atoms with van der Waals surface area (Å²) in [5, 5.41) is 19.8. The number of hydrogen-bond donors (Lipinski definition) is 2. The third-order valence-electron chi connectivity index (χ3n) is 6.34. The van der Waals surface area contributed by atoms with Gasteiger partial charge in [-0.25, -0.2) is 4.39 Å². The highest BCUT2D eigenvalue weighted by atomic mass is 19.1. The maximum absolute atomic E-state index is 13.9. The fourth-order valence-corrected chi connectivity index (χ4v) is 4.78. The van der Waals surface area contributed by atoms with Crippen LogP contribution >= 0.6 is 0 Å². The number of carboxylic acids is 2. The SMILES string of the molecule is Cc1ccc(N2CCN([C@H](C(=O)O)c3cn(CCC(=O)O)c4cc(F)ccc34)CC2)c(C)c1. The van der Waals surface area contributed by atoms with Crippen LogP contribution in [0.2, 0.25) is 0 Å². The molecule has 7 nitrogen and oxygen atoms in total. The summed E-state index contributed by atoms with van der Waals surface area (Å²) in [6.45, 7) is 6.80. The van der Waals surface area contributed by atoms with Gasteiger partial charge in [0, 0.05) is 55.6 Å². The molecule has 2 N–H and O–H groups in total. The van der Waals surface area contributed by atoms with E-state index in [2.05, 4.69) is 36.9 Å². The fourth-order valence-electron chi connectivity index (χ4n) is 4.78. The first-order chi connectivity index (χ1) is 15.7. The van der Waals surface area contributed by atoms with Crippen LogP contribution < -0.4 is 4.90 Å². The number of nitrogens with zero attached hydrogens (tertiary/aromatic N) is 3. The highest BCUT2D eigenvalue weighted by Crippen LogP contribution is 2.33. The van der Waals surface area contributed by atoms with Crippen molar-refractivity contribution in [2.45, 2.75) is 32.9 Å². The highest BCUT2D eigenvalue weighted by Gasteiger charge is 2.33. The second-order valence-electron chi connectivity index (χ2n) is 8.64. The van der Waals surface area contributed by atoms with Gasteiger partial charge in [0.1, 0.15) is 11.9 Å². The Labute approximate surface area is 191 Å². The van der Waals surface area contributed by atoms with Crippen LogP contribution in [0.1, 0.15) is 29.2 Å². The van der Waals surface area contributed by atoms with Gasteiger partial charge in [-0.2, -0.15) is 0 Å². The number of carboxylic acid groups (broad SMARTS) is 2. The average molecular weight is 454 g/mol. The summed E-state index contributed by atoms with van der Waals surface area (Å²) >= 11 is 0. The van der Waals surface area contributed by atoms with Gasteiger partial charge in [-0.05, 0) is 43.7 Å². The Morgan fingerprint density at radius 2 is 1.76 bits per heavy atom. The highest BCUT2D eigenvalue weighted by molar-refractivity contribution is 5.90. The van der Waals surface area contributed by atoms with Crippen LogP contribution in [0.4, 0.5) is 10.1 Å². The second kappa shape index (κ2) is 9.23. The van der Waals surface area contributed by atoms with Gasteiger partial charge in [-0.15, -0.1) is 0 Å². The minimum absolute atomic E-state index is 0.133. The molecule has 0 aliphatic carbocycles. The molecular formula is C25H28FN3O4. The smallest absolute Gasteiger partial charge is 0.325 e. The molecule has 2 aromatic carbocycles. The van der Waals surface area contributed by atoms with Crippen molar-refractivity contribution >= 4 is 28.5 Å². The second-order valence-corrected chi connectivity index (χ2v) is 8.64. The van der Waals surface area contributed by atoms with Crippen LogP contribution in [-0.4, -0.2) is 57.8 Å². The standard InChI is InChI=1S/C25H28FN3O4/c1-16-3-6-21(17(2)13-16)27-9-11-28(12-10-27)24(25(32)33)20-15-29(8-7-23(30)31)22-14-18(26)4-5-19(20)22/h3-6,13-15,24H,7-12H2,1-2H3,(H,30,31)(H,32,33)/t24-/m0/s1. The molecule has 2 heterocycles. The van der Waals surface area contributed by atoms with Crippen molar-refractivity contribution in [3.8, 4) is 0 Å². The number of aliphatic carboxylic acids is 2. The zero-order valence-corrected chi connectivity index (χ0v) is 18.8. The lowest BCUT2D eigenvalue weighted by Crippen LogP contribution is -2.49. The summed E-state index contributed by atoms with van der Waals surface area (Å²) in [7, 11) is 0. The molecule has 1 atom stereocenters. The lowest BCUT2D eigenvalue weighted by molar-refractivity contribution is -0.143. The van der Waals surface area contributed by atoms with Crippen molar-refractivity contribution < 1.29 is 24.2 Å². The molecule has 33 heavy (non-hydrogen) atoms. The lowest BCUT2D eigenvalue weighted by atomic mass is 10.0.